The number of hydrogen-bond donors (Lipinski definition) is 1. The molecule has 98 valence electrons. The molecule has 1 N–H and O–H groups in total. The molecule has 0 radical (unpaired) electrons. The second-order valence-corrected chi connectivity index (χ2v) is 4.31. The molecule has 0 atom stereocenters. The van der Waals surface area contributed by atoms with Gasteiger partial charge in [-0.2, -0.15) is 0 Å². The van der Waals surface area contributed by atoms with E-state index in [9.17, 15) is 4.79 Å². The number of hydrogen-bond acceptors (Lipinski definition) is 2. The summed E-state index contributed by atoms with van der Waals surface area (Å²) in [6.07, 6.45) is 0. The number of carbonyl (C=O) groups is 1. The van der Waals surface area contributed by atoms with Gasteiger partial charge in [0.2, 0.25) is 5.91 Å². The van der Waals surface area contributed by atoms with Crippen molar-refractivity contribution in [2.24, 2.45) is 0 Å². The maximum Gasteiger partial charge on any atom is 0.239 e. The van der Waals surface area contributed by atoms with Gasteiger partial charge in [0.05, 0.1) is 5.69 Å². The molecule has 2 aromatic rings. The summed E-state index contributed by atoms with van der Waals surface area (Å²) in [5, 5.41) is 2.70. The molecule has 1 amide bonds. The third-order valence-corrected chi connectivity index (χ3v) is 2.84. The average molecular weight is 276 g/mol. The molecular formula is C15H14ClNO2. The zero-order chi connectivity index (χ0) is 13.7. The summed E-state index contributed by atoms with van der Waals surface area (Å²) in [4.78, 5) is 11.4. The maximum atomic E-state index is 11.4. The molecular weight excluding hydrogens is 262 g/mol. The summed E-state index contributed by atoms with van der Waals surface area (Å²) in [5.41, 5.74) is 1.64. The minimum absolute atomic E-state index is 0.0846. The van der Waals surface area contributed by atoms with Crippen molar-refractivity contribution in [1.82, 2.24) is 0 Å². The van der Waals surface area contributed by atoms with Gasteiger partial charge >= 0.3 is 0 Å². The Bertz CT molecular complexity index is 584. The molecule has 2 aromatic carbocycles. The van der Waals surface area contributed by atoms with Crippen LogP contribution < -0.4 is 10.1 Å². The van der Waals surface area contributed by atoms with Gasteiger partial charge in [-0.3, -0.25) is 4.79 Å². The molecule has 2 rings (SSSR count). The Balaban J connectivity index is 2.25. The standard InChI is InChI=1S/C15H14ClNO2/c1-11-6-2-4-8-13(11)19-14-9-5-3-7-12(14)17-15(18)10-16/h2-9H,10H2,1H3,(H,17,18). The second-order valence-electron chi connectivity index (χ2n) is 4.05. The molecule has 0 aliphatic carbocycles. The average Bonchev–Trinajstić information content (AvgIpc) is 2.43. The molecule has 0 aliphatic rings. The molecule has 0 fully saturated rings. The Morgan fingerprint density at radius 2 is 1.74 bits per heavy atom. The van der Waals surface area contributed by atoms with Crippen LogP contribution in [-0.2, 0) is 4.79 Å². The smallest absolute Gasteiger partial charge is 0.239 e. The van der Waals surface area contributed by atoms with Crippen LogP contribution in [-0.4, -0.2) is 11.8 Å². The fraction of sp³-hybridized carbons (Fsp3) is 0.133. The van der Waals surface area contributed by atoms with Crippen molar-refractivity contribution in [3.05, 3.63) is 54.1 Å². The summed E-state index contributed by atoms with van der Waals surface area (Å²) in [6, 6.07) is 15.0. The summed E-state index contributed by atoms with van der Waals surface area (Å²) in [6.45, 7) is 1.97. The number of benzene rings is 2. The highest BCUT2D eigenvalue weighted by Gasteiger charge is 2.08. The Morgan fingerprint density at radius 3 is 2.42 bits per heavy atom. The van der Waals surface area contributed by atoms with E-state index in [0.29, 0.717) is 11.4 Å². The van der Waals surface area contributed by atoms with Crippen LogP contribution in [0.4, 0.5) is 5.69 Å². The van der Waals surface area contributed by atoms with Gasteiger partial charge in [-0.25, -0.2) is 0 Å². The van der Waals surface area contributed by atoms with E-state index in [-0.39, 0.29) is 11.8 Å². The van der Waals surface area contributed by atoms with Gasteiger partial charge in [0.1, 0.15) is 11.6 Å². The van der Waals surface area contributed by atoms with Gasteiger partial charge in [0.25, 0.3) is 0 Å². The van der Waals surface area contributed by atoms with Crippen LogP contribution >= 0.6 is 11.6 Å². The number of carbonyl (C=O) groups excluding carboxylic acids is 1. The van der Waals surface area contributed by atoms with Gasteiger partial charge in [0, 0.05) is 0 Å². The molecule has 4 heteroatoms. The zero-order valence-electron chi connectivity index (χ0n) is 10.5. The number of nitrogens with one attached hydrogen (secondary N) is 1. The van der Waals surface area contributed by atoms with E-state index in [1.807, 2.05) is 43.3 Å². The lowest BCUT2D eigenvalue weighted by Crippen LogP contribution is -2.13. The molecule has 0 aromatic heterocycles. The monoisotopic (exact) mass is 275 g/mol. The van der Waals surface area contributed by atoms with Crippen molar-refractivity contribution in [2.45, 2.75) is 6.92 Å². The van der Waals surface area contributed by atoms with Crippen molar-refractivity contribution in [2.75, 3.05) is 11.2 Å². The summed E-state index contributed by atoms with van der Waals surface area (Å²) in [7, 11) is 0. The topological polar surface area (TPSA) is 38.3 Å². The lowest BCUT2D eigenvalue weighted by molar-refractivity contribution is -0.113. The second kappa shape index (κ2) is 6.25. The number of aryl methyl sites for hydroxylation is 1. The Hall–Kier alpha value is -2.00. The molecule has 0 spiro atoms. The first-order chi connectivity index (χ1) is 9.20. The van der Waals surface area contributed by atoms with E-state index >= 15 is 0 Å². The van der Waals surface area contributed by atoms with Gasteiger partial charge in [-0.05, 0) is 30.7 Å². The quantitative estimate of drug-likeness (QED) is 0.858. The summed E-state index contributed by atoms with van der Waals surface area (Å²) < 4.78 is 5.83. The van der Waals surface area contributed by atoms with Crippen molar-refractivity contribution < 1.29 is 9.53 Å². The van der Waals surface area contributed by atoms with Crippen LogP contribution in [0.3, 0.4) is 0 Å². The van der Waals surface area contributed by atoms with E-state index < -0.39 is 0 Å². The van der Waals surface area contributed by atoms with E-state index in [0.717, 1.165) is 11.3 Å². The first kappa shape index (κ1) is 13.4. The highest BCUT2D eigenvalue weighted by Crippen LogP contribution is 2.30. The van der Waals surface area contributed by atoms with Gasteiger partial charge in [-0.1, -0.05) is 30.3 Å². The Kier molecular flexibility index (Phi) is 4.42. The number of alkyl halides is 1. The number of amides is 1. The number of para-hydroxylation sites is 3. The Morgan fingerprint density at radius 1 is 1.11 bits per heavy atom. The van der Waals surface area contributed by atoms with Gasteiger partial charge < -0.3 is 10.1 Å². The molecule has 19 heavy (non-hydrogen) atoms. The molecule has 0 unspecified atom stereocenters. The molecule has 0 saturated heterocycles. The lowest BCUT2D eigenvalue weighted by atomic mass is 10.2. The third kappa shape index (κ3) is 3.48. The predicted octanol–water partition coefficient (Wildman–Crippen LogP) is 3.96. The predicted molar refractivity (Wildman–Crippen MR) is 77.0 cm³/mol. The molecule has 0 bridgehead atoms. The van der Waals surface area contributed by atoms with Gasteiger partial charge in [0.15, 0.2) is 5.75 Å². The lowest BCUT2D eigenvalue weighted by Gasteiger charge is -2.13. The minimum atomic E-state index is -0.262. The number of halogens is 1. The minimum Gasteiger partial charge on any atom is -0.455 e. The van der Waals surface area contributed by atoms with Crippen molar-refractivity contribution in [3.8, 4) is 11.5 Å². The SMILES string of the molecule is Cc1ccccc1Oc1ccccc1NC(=O)CCl. The fourth-order valence-electron chi connectivity index (χ4n) is 1.63. The molecule has 0 saturated carbocycles. The van der Waals surface area contributed by atoms with E-state index in [1.165, 1.54) is 0 Å². The van der Waals surface area contributed by atoms with Crippen LogP contribution in [0, 0.1) is 6.92 Å². The Labute approximate surface area is 117 Å². The first-order valence-electron chi connectivity index (χ1n) is 5.89. The summed E-state index contributed by atoms with van der Waals surface area (Å²) in [5.74, 6) is 1.01. The van der Waals surface area contributed by atoms with E-state index in [4.69, 9.17) is 16.3 Å². The largest absolute Gasteiger partial charge is 0.455 e. The highest BCUT2D eigenvalue weighted by atomic mass is 35.5. The first-order valence-corrected chi connectivity index (χ1v) is 6.42. The maximum absolute atomic E-state index is 11.4. The van der Waals surface area contributed by atoms with Crippen molar-refractivity contribution in [1.29, 1.82) is 0 Å². The van der Waals surface area contributed by atoms with Crippen LogP contribution in [0.2, 0.25) is 0 Å². The van der Waals surface area contributed by atoms with Crippen molar-refractivity contribution >= 4 is 23.2 Å². The van der Waals surface area contributed by atoms with Crippen LogP contribution in [0.5, 0.6) is 11.5 Å². The third-order valence-electron chi connectivity index (χ3n) is 2.60. The number of ether oxygens (including phenoxy) is 1. The number of rotatable bonds is 4. The molecule has 3 nitrogen and oxygen atoms in total. The van der Waals surface area contributed by atoms with Gasteiger partial charge in [-0.15, -0.1) is 11.6 Å². The van der Waals surface area contributed by atoms with Crippen molar-refractivity contribution in [3.63, 3.8) is 0 Å². The molecule has 0 heterocycles. The summed E-state index contributed by atoms with van der Waals surface area (Å²) >= 11 is 5.49. The van der Waals surface area contributed by atoms with E-state index in [2.05, 4.69) is 5.32 Å². The fourth-order valence-corrected chi connectivity index (χ4v) is 1.70. The van der Waals surface area contributed by atoms with Crippen LogP contribution in [0.15, 0.2) is 48.5 Å². The normalized spacial score (nSPS) is 10.0. The number of anilines is 1. The molecule has 0 aliphatic heterocycles. The zero-order valence-corrected chi connectivity index (χ0v) is 11.3. The van der Waals surface area contributed by atoms with Crippen LogP contribution in [0.1, 0.15) is 5.56 Å². The van der Waals surface area contributed by atoms with E-state index in [1.54, 1.807) is 12.1 Å². The van der Waals surface area contributed by atoms with Crippen LogP contribution in [0.25, 0.3) is 0 Å². The highest BCUT2D eigenvalue weighted by molar-refractivity contribution is 6.29.